The van der Waals surface area contributed by atoms with Crippen molar-refractivity contribution in [2.24, 2.45) is 5.73 Å². The van der Waals surface area contributed by atoms with E-state index in [2.05, 4.69) is 4.74 Å². The van der Waals surface area contributed by atoms with Crippen LogP contribution in [0.15, 0.2) is 10.9 Å². The van der Waals surface area contributed by atoms with Crippen LogP contribution >= 0.6 is 0 Å². The number of alkyl halides is 3. The summed E-state index contributed by atoms with van der Waals surface area (Å²) in [6.07, 6.45) is -4.99. The second-order valence-electron chi connectivity index (χ2n) is 2.91. The van der Waals surface area contributed by atoms with Crippen molar-refractivity contribution in [1.29, 1.82) is 0 Å². The zero-order valence-corrected chi connectivity index (χ0v) is 8.17. The highest BCUT2D eigenvalue weighted by molar-refractivity contribution is 5.88. The monoisotopic (exact) mass is 252 g/mol. The topological polar surface area (TPSA) is 105 Å². The van der Waals surface area contributed by atoms with Crippen LogP contribution < -0.4 is 15.9 Å². The number of aromatic carboxylic acids is 1. The summed E-state index contributed by atoms with van der Waals surface area (Å²) in [6, 6.07) is 0.399. The van der Waals surface area contributed by atoms with Crippen molar-refractivity contribution in [3.05, 3.63) is 27.5 Å². The van der Waals surface area contributed by atoms with Crippen LogP contribution in [0, 0.1) is 0 Å². The molecule has 0 saturated carbocycles. The number of halogens is 3. The first kappa shape index (κ1) is 13.0. The molecule has 9 heteroatoms. The first-order valence-corrected chi connectivity index (χ1v) is 4.20. The SMILES string of the molecule is NCc1[nH]c(OC(F)(F)F)cc(=O)c1C(=O)O. The smallest absolute Gasteiger partial charge is 0.477 e. The molecule has 0 aliphatic carbocycles. The van der Waals surface area contributed by atoms with Gasteiger partial charge in [0.25, 0.3) is 0 Å². The van der Waals surface area contributed by atoms with Gasteiger partial charge in [0.05, 0.1) is 5.69 Å². The number of pyridine rings is 1. The molecule has 0 bridgehead atoms. The van der Waals surface area contributed by atoms with E-state index in [0.717, 1.165) is 0 Å². The molecule has 4 N–H and O–H groups in total. The molecule has 1 aromatic heterocycles. The van der Waals surface area contributed by atoms with Crippen molar-refractivity contribution in [3.8, 4) is 5.88 Å². The van der Waals surface area contributed by atoms with Crippen LogP contribution in [0.25, 0.3) is 0 Å². The number of carbonyl (C=O) groups is 1. The van der Waals surface area contributed by atoms with Crippen molar-refractivity contribution in [2.45, 2.75) is 12.9 Å². The van der Waals surface area contributed by atoms with E-state index in [1.807, 2.05) is 4.98 Å². The number of carboxylic acid groups (broad SMARTS) is 1. The minimum absolute atomic E-state index is 0.343. The van der Waals surface area contributed by atoms with E-state index in [1.165, 1.54) is 0 Å². The van der Waals surface area contributed by atoms with E-state index in [0.29, 0.717) is 6.07 Å². The van der Waals surface area contributed by atoms with Gasteiger partial charge in [-0.3, -0.25) is 4.79 Å². The van der Waals surface area contributed by atoms with Crippen LogP contribution in [-0.2, 0) is 6.54 Å². The third-order valence-corrected chi connectivity index (χ3v) is 1.73. The normalized spacial score (nSPS) is 11.3. The Morgan fingerprint density at radius 1 is 1.53 bits per heavy atom. The molecular weight excluding hydrogens is 245 g/mol. The summed E-state index contributed by atoms with van der Waals surface area (Å²) in [5, 5.41) is 8.66. The molecule has 0 atom stereocenters. The summed E-state index contributed by atoms with van der Waals surface area (Å²) in [4.78, 5) is 23.9. The van der Waals surface area contributed by atoms with Gasteiger partial charge in [-0.1, -0.05) is 0 Å². The zero-order valence-electron chi connectivity index (χ0n) is 8.17. The van der Waals surface area contributed by atoms with Gasteiger partial charge in [-0.05, 0) is 0 Å². The molecule has 0 amide bonds. The molecule has 0 radical (unpaired) electrons. The molecule has 1 heterocycles. The minimum Gasteiger partial charge on any atom is -0.477 e. The van der Waals surface area contributed by atoms with E-state index in [9.17, 15) is 22.8 Å². The van der Waals surface area contributed by atoms with Gasteiger partial charge in [0, 0.05) is 12.6 Å². The van der Waals surface area contributed by atoms with E-state index in [1.54, 1.807) is 0 Å². The first-order valence-electron chi connectivity index (χ1n) is 4.20. The van der Waals surface area contributed by atoms with Crippen molar-refractivity contribution >= 4 is 5.97 Å². The fourth-order valence-corrected chi connectivity index (χ4v) is 1.15. The number of nitrogens with two attached hydrogens (primary N) is 1. The highest BCUT2D eigenvalue weighted by atomic mass is 19.4. The Hall–Kier alpha value is -2.03. The number of carboxylic acids is 1. The van der Waals surface area contributed by atoms with E-state index < -0.39 is 35.7 Å². The van der Waals surface area contributed by atoms with Crippen LogP contribution in [0.4, 0.5) is 13.2 Å². The Bertz CT molecular complexity index is 495. The fourth-order valence-electron chi connectivity index (χ4n) is 1.15. The molecule has 0 spiro atoms. The van der Waals surface area contributed by atoms with Gasteiger partial charge in [-0.15, -0.1) is 13.2 Å². The molecule has 94 valence electrons. The second-order valence-corrected chi connectivity index (χ2v) is 2.91. The molecular formula is C8H7F3N2O4. The number of nitrogens with one attached hydrogen (secondary N) is 1. The molecule has 0 saturated heterocycles. The first-order chi connectivity index (χ1) is 7.74. The van der Waals surface area contributed by atoms with Crippen molar-refractivity contribution in [1.82, 2.24) is 4.98 Å². The lowest BCUT2D eigenvalue weighted by Gasteiger charge is -2.10. The zero-order chi connectivity index (χ0) is 13.2. The number of rotatable bonds is 3. The van der Waals surface area contributed by atoms with Crippen LogP contribution in [0.5, 0.6) is 5.88 Å². The maximum atomic E-state index is 11.9. The molecule has 0 fully saturated rings. The summed E-state index contributed by atoms with van der Waals surface area (Å²) in [5.74, 6) is -2.49. The molecule has 0 aliphatic rings. The van der Waals surface area contributed by atoms with Gasteiger partial charge >= 0.3 is 12.3 Å². The van der Waals surface area contributed by atoms with Gasteiger partial charge in [0.15, 0.2) is 5.43 Å². The summed E-state index contributed by atoms with van der Waals surface area (Å²) in [5.41, 5.74) is 2.96. The van der Waals surface area contributed by atoms with Crippen molar-refractivity contribution in [2.75, 3.05) is 0 Å². The fraction of sp³-hybridized carbons (Fsp3) is 0.250. The number of hydrogen-bond acceptors (Lipinski definition) is 4. The molecule has 1 aromatic rings. The Labute approximate surface area is 91.8 Å². The van der Waals surface area contributed by atoms with E-state index in [-0.39, 0.29) is 5.69 Å². The van der Waals surface area contributed by atoms with Crippen molar-refractivity contribution < 1.29 is 27.8 Å². The Balaban J connectivity index is 3.28. The van der Waals surface area contributed by atoms with Crippen molar-refractivity contribution in [3.63, 3.8) is 0 Å². The summed E-state index contributed by atoms with van der Waals surface area (Å²) in [6.45, 7) is -0.439. The van der Waals surface area contributed by atoms with Gasteiger partial charge in [0.1, 0.15) is 5.56 Å². The Kier molecular flexibility index (Phi) is 3.42. The molecule has 1 rings (SSSR count). The highest BCUT2D eigenvalue weighted by Gasteiger charge is 2.32. The summed E-state index contributed by atoms with van der Waals surface area (Å²) < 4.78 is 39.1. The average Bonchev–Trinajstić information content (AvgIpc) is 2.12. The van der Waals surface area contributed by atoms with Crippen LogP contribution in [0.1, 0.15) is 16.1 Å². The number of ether oxygens (including phenoxy) is 1. The van der Waals surface area contributed by atoms with Crippen LogP contribution in [-0.4, -0.2) is 22.4 Å². The highest BCUT2D eigenvalue weighted by Crippen LogP contribution is 2.20. The maximum Gasteiger partial charge on any atom is 0.574 e. The van der Waals surface area contributed by atoms with E-state index in [4.69, 9.17) is 10.8 Å². The largest absolute Gasteiger partial charge is 0.574 e. The number of aromatic nitrogens is 1. The van der Waals surface area contributed by atoms with Crippen LogP contribution in [0.2, 0.25) is 0 Å². The third kappa shape index (κ3) is 3.21. The molecule has 0 aliphatic heterocycles. The number of H-pyrrole nitrogens is 1. The van der Waals surface area contributed by atoms with Gasteiger partial charge < -0.3 is 20.6 Å². The molecule has 6 nitrogen and oxygen atoms in total. The number of hydrogen-bond donors (Lipinski definition) is 3. The maximum absolute atomic E-state index is 11.9. The predicted octanol–water partition coefficient (Wildman–Crippen LogP) is 0.430. The minimum atomic E-state index is -4.99. The Morgan fingerprint density at radius 3 is 2.53 bits per heavy atom. The second kappa shape index (κ2) is 4.45. The predicted molar refractivity (Wildman–Crippen MR) is 48.6 cm³/mol. The lowest BCUT2D eigenvalue weighted by atomic mass is 10.2. The van der Waals surface area contributed by atoms with Gasteiger partial charge in [-0.2, -0.15) is 0 Å². The summed E-state index contributed by atoms with van der Waals surface area (Å²) >= 11 is 0. The third-order valence-electron chi connectivity index (χ3n) is 1.73. The lowest BCUT2D eigenvalue weighted by Crippen LogP contribution is -2.24. The van der Waals surface area contributed by atoms with Gasteiger partial charge in [-0.25, -0.2) is 4.79 Å². The van der Waals surface area contributed by atoms with E-state index >= 15 is 0 Å². The molecule has 0 aromatic carbocycles. The standard InChI is InChI=1S/C8H7F3N2O4/c9-8(10,11)17-5-1-4(14)6(7(15)16)3(2-12)13-5/h1H,2,12H2,(H,13,14)(H,15,16). The van der Waals surface area contributed by atoms with Crippen LogP contribution in [0.3, 0.4) is 0 Å². The molecule has 17 heavy (non-hydrogen) atoms. The summed E-state index contributed by atoms with van der Waals surface area (Å²) in [7, 11) is 0. The van der Waals surface area contributed by atoms with Gasteiger partial charge in [0.2, 0.25) is 5.88 Å². The molecule has 0 unspecified atom stereocenters. The quantitative estimate of drug-likeness (QED) is 0.723. The number of aromatic amines is 1. The lowest BCUT2D eigenvalue weighted by molar-refractivity contribution is -0.276. The Morgan fingerprint density at radius 2 is 2.12 bits per heavy atom. The average molecular weight is 252 g/mol.